The highest BCUT2D eigenvalue weighted by Crippen LogP contribution is 2.30. The second kappa shape index (κ2) is 7.17. The van der Waals surface area contributed by atoms with Crippen molar-refractivity contribution < 1.29 is 19.1 Å². The van der Waals surface area contributed by atoms with Crippen LogP contribution in [0.2, 0.25) is 0 Å². The first kappa shape index (κ1) is 16.2. The lowest BCUT2D eigenvalue weighted by Gasteiger charge is -2.28. The number of carbonyl (C=O) groups is 2. The fourth-order valence-electron chi connectivity index (χ4n) is 2.24. The number of halogens is 1. The third kappa shape index (κ3) is 3.33. The van der Waals surface area contributed by atoms with Crippen LogP contribution in [0.1, 0.15) is 18.5 Å². The highest BCUT2D eigenvalue weighted by molar-refractivity contribution is 6.20. The maximum absolute atomic E-state index is 12.3. The summed E-state index contributed by atoms with van der Waals surface area (Å²) >= 11 is 5.86. The van der Waals surface area contributed by atoms with Crippen LogP contribution in [0.4, 0.5) is 4.79 Å². The molecule has 1 heterocycles. The van der Waals surface area contributed by atoms with Gasteiger partial charge >= 0.3 is 12.0 Å². The van der Waals surface area contributed by atoms with Gasteiger partial charge in [0.15, 0.2) is 0 Å². The Morgan fingerprint density at radius 1 is 1.41 bits per heavy atom. The Kier molecular flexibility index (Phi) is 5.27. The van der Waals surface area contributed by atoms with E-state index in [0.29, 0.717) is 22.6 Å². The second-order valence-electron chi connectivity index (χ2n) is 4.55. The van der Waals surface area contributed by atoms with Gasteiger partial charge in [0.1, 0.15) is 5.75 Å². The van der Waals surface area contributed by atoms with E-state index in [1.165, 1.54) is 0 Å². The van der Waals surface area contributed by atoms with Crippen LogP contribution in [0.5, 0.6) is 5.75 Å². The molecule has 2 N–H and O–H groups in total. The van der Waals surface area contributed by atoms with Gasteiger partial charge in [0.2, 0.25) is 0 Å². The van der Waals surface area contributed by atoms with Crippen LogP contribution >= 0.6 is 11.6 Å². The smallest absolute Gasteiger partial charge is 0.338 e. The molecule has 1 atom stereocenters. The van der Waals surface area contributed by atoms with Crippen LogP contribution in [-0.4, -0.2) is 31.6 Å². The molecule has 0 spiro atoms. The summed E-state index contributed by atoms with van der Waals surface area (Å²) < 4.78 is 10.3. The van der Waals surface area contributed by atoms with Gasteiger partial charge in [0, 0.05) is 5.70 Å². The lowest BCUT2D eigenvalue weighted by Crippen LogP contribution is -2.46. The molecule has 1 aromatic carbocycles. The molecule has 2 amide bonds. The second-order valence-corrected chi connectivity index (χ2v) is 4.82. The number of urea groups is 1. The maximum atomic E-state index is 12.3. The number of ether oxygens (including phenoxy) is 2. The predicted octanol–water partition coefficient (Wildman–Crippen LogP) is 2.11. The first-order valence-corrected chi connectivity index (χ1v) is 7.31. The Labute approximate surface area is 133 Å². The lowest BCUT2D eigenvalue weighted by atomic mass is 9.95. The fourth-order valence-corrected chi connectivity index (χ4v) is 2.46. The largest absolute Gasteiger partial charge is 0.497 e. The van der Waals surface area contributed by atoms with Crippen molar-refractivity contribution in [3.05, 3.63) is 41.1 Å². The van der Waals surface area contributed by atoms with Crippen molar-refractivity contribution in [3.8, 4) is 5.75 Å². The average Bonchev–Trinajstić information content (AvgIpc) is 2.54. The van der Waals surface area contributed by atoms with Gasteiger partial charge in [0.05, 0.1) is 31.2 Å². The topological polar surface area (TPSA) is 76.7 Å². The molecule has 0 saturated heterocycles. The van der Waals surface area contributed by atoms with Crippen molar-refractivity contribution in [2.24, 2.45) is 0 Å². The first-order chi connectivity index (χ1) is 10.6. The van der Waals surface area contributed by atoms with E-state index >= 15 is 0 Å². The van der Waals surface area contributed by atoms with Crippen LogP contribution in [0.3, 0.4) is 0 Å². The number of amides is 2. The van der Waals surface area contributed by atoms with Crippen molar-refractivity contribution in [1.82, 2.24) is 10.6 Å². The molecular formula is C15H17ClN2O4. The van der Waals surface area contributed by atoms with Gasteiger partial charge in [0.25, 0.3) is 0 Å². The van der Waals surface area contributed by atoms with Gasteiger partial charge in [-0.15, -0.1) is 11.6 Å². The molecular weight excluding hydrogens is 308 g/mol. The third-order valence-corrected chi connectivity index (χ3v) is 3.48. The van der Waals surface area contributed by atoms with E-state index in [9.17, 15) is 9.59 Å². The summed E-state index contributed by atoms with van der Waals surface area (Å²) in [7, 11) is 1.55. The van der Waals surface area contributed by atoms with Gasteiger partial charge in [-0.2, -0.15) is 0 Å². The summed E-state index contributed by atoms with van der Waals surface area (Å²) in [5, 5.41) is 5.26. The zero-order valence-corrected chi connectivity index (χ0v) is 13.1. The van der Waals surface area contributed by atoms with E-state index < -0.39 is 18.0 Å². The van der Waals surface area contributed by atoms with E-state index in [4.69, 9.17) is 21.1 Å². The van der Waals surface area contributed by atoms with Crippen LogP contribution in [0.15, 0.2) is 35.5 Å². The van der Waals surface area contributed by atoms with Crippen molar-refractivity contribution in [2.45, 2.75) is 13.0 Å². The monoisotopic (exact) mass is 324 g/mol. The molecule has 0 saturated carbocycles. The SMILES string of the molecule is CCOC(=O)C1=C(CCl)NC(=O)N[C@@H]1c1cccc(OC)c1. The summed E-state index contributed by atoms with van der Waals surface area (Å²) in [6.07, 6.45) is 0. The van der Waals surface area contributed by atoms with Crippen molar-refractivity contribution in [3.63, 3.8) is 0 Å². The number of alkyl halides is 1. The standard InChI is InChI=1S/C15H17ClN2O4/c1-3-22-14(19)12-11(8-16)17-15(20)18-13(12)9-5-4-6-10(7-9)21-2/h4-7,13H,3,8H2,1-2H3,(H2,17,18,20)/t13-/m1/s1. The number of carbonyl (C=O) groups excluding carboxylic acids is 2. The van der Waals surface area contributed by atoms with Crippen LogP contribution in [-0.2, 0) is 9.53 Å². The van der Waals surface area contributed by atoms with Crippen molar-refractivity contribution in [1.29, 1.82) is 0 Å². The molecule has 1 aromatic rings. The lowest BCUT2D eigenvalue weighted by molar-refractivity contribution is -0.139. The molecule has 0 aromatic heterocycles. The van der Waals surface area contributed by atoms with Gasteiger partial charge in [-0.3, -0.25) is 0 Å². The molecule has 0 bridgehead atoms. The highest BCUT2D eigenvalue weighted by Gasteiger charge is 2.33. The summed E-state index contributed by atoms with van der Waals surface area (Å²) in [6, 6.07) is 6.05. The third-order valence-electron chi connectivity index (χ3n) is 3.21. The molecule has 22 heavy (non-hydrogen) atoms. The Balaban J connectivity index is 2.49. The molecule has 0 fully saturated rings. The minimum absolute atomic E-state index is 0.00202. The van der Waals surface area contributed by atoms with Gasteiger partial charge in [-0.05, 0) is 24.6 Å². The number of rotatable bonds is 5. The molecule has 1 aliphatic heterocycles. The molecule has 118 valence electrons. The van der Waals surface area contributed by atoms with Crippen molar-refractivity contribution in [2.75, 3.05) is 19.6 Å². The van der Waals surface area contributed by atoms with Gasteiger partial charge in [-0.25, -0.2) is 9.59 Å². The molecule has 6 nitrogen and oxygen atoms in total. The van der Waals surface area contributed by atoms with Crippen LogP contribution < -0.4 is 15.4 Å². The van der Waals surface area contributed by atoms with E-state index in [-0.39, 0.29) is 12.5 Å². The Morgan fingerprint density at radius 2 is 2.18 bits per heavy atom. The van der Waals surface area contributed by atoms with Crippen molar-refractivity contribution >= 4 is 23.6 Å². The van der Waals surface area contributed by atoms with E-state index in [2.05, 4.69) is 10.6 Å². The molecule has 0 radical (unpaired) electrons. The quantitative estimate of drug-likeness (QED) is 0.642. The normalized spacial score (nSPS) is 17.6. The summed E-state index contributed by atoms with van der Waals surface area (Å²) in [6.45, 7) is 1.95. The molecule has 0 unspecified atom stereocenters. The number of nitrogens with one attached hydrogen (secondary N) is 2. The highest BCUT2D eigenvalue weighted by atomic mass is 35.5. The number of hydrogen-bond donors (Lipinski definition) is 2. The molecule has 7 heteroatoms. The fraction of sp³-hybridized carbons (Fsp3) is 0.333. The van der Waals surface area contributed by atoms with E-state index in [0.717, 1.165) is 0 Å². The Hall–Kier alpha value is -2.21. The van der Waals surface area contributed by atoms with Gasteiger partial charge < -0.3 is 20.1 Å². The maximum Gasteiger partial charge on any atom is 0.338 e. The summed E-state index contributed by atoms with van der Waals surface area (Å²) in [5.41, 5.74) is 1.35. The molecule has 0 aliphatic carbocycles. The summed E-state index contributed by atoms with van der Waals surface area (Å²) in [5.74, 6) is 0.113. The first-order valence-electron chi connectivity index (χ1n) is 6.78. The molecule has 2 rings (SSSR count). The Morgan fingerprint density at radius 3 is 2.82 bits per heavy atom. The minimum Gasteiger partial charge on any atom is -0.497 e. The number of allylic oxidation sites excluding steroid dienone is 1. The van der Waals surface area contributed by atoms with Gasteiger partial charge in [-0.1, -0.05) is 12.1 Å². The minimum atomic E-state index is -0.642. The number of hydrogen-bond acceptors (Lipinski definition) is 4. The number of methoxy groups -OCH3 is 1. The molecule has 1 aliphatic rings. The number of benzene rings is 1. The average molecular weight is 325 g/mol. The predicted molar refractivity (Wildman–Crippen MR) is 81.8 cm³/mol. The van der Waals surface area contributed by atoms with Crippen LogP contribution in [0, 0.1) is 0 Å². The zero-order chi connectivity index (χ0) is 16.1. The van der Waals surface area contributed by atoms with E-state index in [1.54, 1.807) is 38.3 Å². The zero-order valence-electron chi connectivity index (χ0n) is 12.3. The number of esters is 1. The Bertz CT molecular complexity index is 615. The summed E-state index contributed by atoms with van der Waals surface area (Å²) in [4.78, 5) is 24.0. The van der Waals surface area contributed by atoms with E-state index in [1.807, 2.05) is 0 Å². The van der Waals surface area contributed by atoms with Crippen LogP contribution in [0.25, 0.3) is 0 Å².